The highest BCUT2D eigenvalue weighted by molar-refractivity contribution is 6.03. The number of carbonyl (C=O) groups is 3. The van der Waals surface area contributed by atoms with Crippen LogP contribution in [0, 0.1) is 17.8 Å². The maximum Gasteiger partial charge on any atom is 0.167 e. The summed E-state index contributed by atoms with van der Waals surface area (Å²) in [6, 6.07) is 2.41. The lowest BCUT2D eigenvalue weighted by molar-refractivity contribution is -0.131. The van der Waals surface area contributed by atoms with Crippen molar-refractivity contribution in [2.24, 2.45) is 17.8 Å². The van der Waals surface area contributed by atoms with Crippen LogP contribution >= 0.6 is 0 Å². The van der Waals surface area contributed by atoms with Crippen molar-refractivity contribution in [2.45, 2.75) is 83.7 Å². The molecule has 0 aromatic heterocycles. The largest absolute Gasteiger partial charge is 0.507 e. The van der Waals surface area contributed by atoms with Gasteiger partial charge in [-0.3, -0.25) is 14.4 Å². The van der Waals surface area contributed by atoms with Crippen molar-refractivity contribution in [2.75, 3.05) is 32.2 Å². The number of phenols is 1. The number of anilines is 1. The van der Waals surface area contributed by atoms with Gasteiger partial charge >= 0.3 is 0 Å². The maximum atomic E-state index is 13.4. The smallest absolute Gasteiger partial charge is 0.167 e. The highest BCUT2D eigenvalue weighted by Gasteiger charge is 2.36. The zero-order chi connectivity index (χ0) is 27.1. The van der Waals surface area contributed by atoms with E-state index in [1.165, 1.54) is 12.8 Å². The van der Waals surface area contributed by atoms with E-state index >= 15 is 0 Å². The molecule has 206 valence electrons. The second-order valence-corrected chi connectivity index (χ2v) is 11.0. The summed E-state index contributed by atoms with van der Waals surface area (Å²) in [5.74, 6) is -1.71. The number of Topliss-reactive ketones (excluding diaryl/α,β-unsaturated/α-hetero) is 3. The molecule has 1 saturated carbocycles. The highest BCUT2D eigenvalue weighted by Crippen LogP contribution is 2.42. The van der Waals surface area contributed by atoms with Crippen molar-refractivity contribution < 1.29 is 29.7 Å². The molecule has 0 saturated heterocycles. The molecule has 0 aliphatic heterocycles. The van der Waals surface area contributed by atoms with Crippen LogP contribution in [-0.2, 0) is 22.6 Å². The molecule has 1 aromatic carbocycles. The van der Waals surface area contributed by atoms with Crippen molar-refractivity contribution in [1.82, 2.24) is 5.32 Å². The van der Waals surface area contributed by atoms with E-state index in [0.29, 0.717) is 37.4 Å². The van der Waals surface area contributed by atoms with Gasteiger partial charge in [0.25, 0.3) is 0 Å². The molecule has 0 radical (unpaired) electrons. The first-order valence-corrected chi connectivity index (χ1v) is 13.8. The molecule has 8 nitrogen and oxygen atoms in total. The van der Waals surface area contributed by atoms with E-state index < -0.39 is 12.5 Å². The Bertz CT molecular complexity index is 970. The van der Waals surface area contributed by atoms with E-state index in [9.17, 15) is 29.7 Å². The minimum Gasteiger partial charge on any atom is -0.507 e. The van der Waals surface area contributed by atoms with Crippen LogP contribution in [0.5, 0.6) is 5.75 Å². The van der Waals surface area contributed by atoms with E-state index in [4.69, 9.17) is 0 Å². The number of aliphatic hydroxyl groups excluding tert-OH is 2. The third kappa shape index (κ3) is 7.18. The number of aromatic hydroxyl groups is 1. The first-order chi connectivity index (χ1) is 17.7. The summed E-state index contributed by atoms with van der Waals surface area (Å²) in [4.78, 5) is 40.0. The number of fused-ring (bicyclic) bond motifs is 1. The number of nitrogens with zero attached hydrogens (tertiary/aromatic N) is 1. The van der Waals surface area contributed by atoms with Crippen molar-refractivity contribution >= 4 is 23.0 Å². The molecule has 8 heteroatoms. The van der Waals surface area contributed by atoms with Crippen LogP contribution < -0.4 is 10.2 Å². The van der Waals surface area contributed by atoms with Gasteiger partial charge in [-0.2, -0.15) is 0 Å². The monoisotopic (exact) mass is 516 g/mol. The van der Waals surface area contributed by atoms with Crippen molar-refractivity contribution in [3.63, 3.8) is 0 Å². The fourth-order valence-corrected chi connectivity index (χ4v) is 6.11. The Morgan fingerprint density at radius 3 is 2.46 bits per heavy atom. The van der Waals surface area contributed by atoms with Gasteiger partial charge in [-0.05, 0) is 55.6 Å². The number of hydrogen-bond donors (Lipinski definition) is 4. The first kappa shape index (κ1) is 29.3. The lowest BCUT2D eigenvalue weighted by atomic mass is 9.73. The molecule has 4 N–H and O–H groups in total. The van der Waals surface area contributed by atoms with Gasteiger partial charge in [0.15, 0.2) is 5.78 Å². The number of carbonyl (C=O) groups excluding carboxylic acids is 3. The van der Waals surface area contributed by atoms with E-state index in [1.807, 2.05) is 25.1 Å². The minimum absolute atomic E-state index is 0.0583. The Labute approximate surface area is 220 Å². The molecule has 0 heterocycles. The quantitative estimate of drug-likeness (QED) is 0.278. The third-order valence-electron chi connectivity index (χ3n) is 8.21. The van der Waals surface area contributed by atoms with Crippen molar-refractivity contribution in [1.29, 1.82) is 0 Å². The van der Waals surface area contributed by atoms with Gasteiger partial charge in [0.1, 0.15) is 17.3 Å². The molecule has 2 aliphatic carbocycles. The van der Waals surface area contributed by atoms with E-state index in [1.54, 1.807) is 6.92 Å². The molecule has 37 heavy (non-hydrogen) atoms. The third-order valence-corrected chi connectivity index (χ3v) is 8.21. The first-order valence-electron chi connectivity index (χ1n) is 13.8. The van der Waals surface area contributed by atoms with Crippen LogP contribution in [0.15, 0.2) is 6.07 Å². The Hall–Kier alpha value is -2.29. The lowest BCUT2D eigenvalue weighted by Gasteiger charge is -2.33. The number of nitrogens with one attached hydrogen (secondary N) is 1. The fourth-order valence-electron chi connectivity index (χ4n) is 6.11. The van der Waals surface area contributed by atoms with Gasteiger partial charge in [0.05, 0.1) is 18.6 Å². The van der Waals surface area contributed by atoms with Gasteiger partial charge in [0.2, 0.25) is 0 Å². The van der Waals surface area contributed by atoms with Gasteiger partial charge in [-0.25, -0.2) is 0 Å². The topological polar surface area (TPSA) is 127 Å². The van der Waals surface area contributed by atoms with Crippen molar-refractivity contribution in [3.05, 3.63) is 22.8 Å². The molecule has 0 amide bonds. The van der Waals surface area contributed by atoms with Gasteiger partial charge in [-0.1, -0.05) is 19.8 Å². The summed E-state index contributed by atoms with van der Waals surface area (Å²) in [5.41, 5.74) is 2.83. The van der Waals surface area contributed by atoms with Crippen LogP contribution in [0.3, 0.4) is 0 Å². The number of phenolic OH excluding ortho intramolecular Hbond substituents is 1. The molecule has 3 unspecified atom stereocenters. The number of aliphatic hydroxyl groups is 2. The summed E-state index contributed by atoms with van der Waals surface area (Å²) < 4.78 is 0. The van der Waals surface area contributed by atoms with Crippen LogP contribution in [0.25, 0.3) is 0 Å². The average Bonchev–Trinajstić information content (AvgIpc) is 3.37. The zero-order valence-corrected chi connectivity index (χ0v) is 22.6. The molecule has 1 aromatic rings. The van der Waals surface area contributed by atoms with Crippen LogP contribution in [0.1, 0.15) is 86.2 Å². The molecule has 3 atom stereocenters. The Kier molecular flexibility index (Phi) is 10.7. The Morgan fingerprint density at radius 2 is 1.86 bits per heavy atom. The number of rotatable bonds is 14. The summed E-state index contributed by atoms with van der Waals surface area (Å²) in [6.07, 6.45) is 6.31. The fraction of sp³-hybridized carbons (Fsp3) is 0.690. The molecule has 3 rings (SSSR count). The van der Waals surface area contributed by atoms with Crippen molar-refractivity contribution in [3.8, 4) is 5.75 Å². The van der Waals surface area contributed by atoms with Crippen LogP contribution in [0.4, 0.5) is 5.69 Å². The molecular formula is C29H44N2O6. The lowest BCUT2D eigenvalue weighted by Crippen LogP contribution is -2.33. The van der Waals surface area contributed by atoms with Gasteiger partial charge in [0, 0.05) is 63.3 Å². The van der Waals surface area contributed by atoms with Gasteiger partial charge < -0.3 is 25.5 Å². The molecule has 1 fully saturated rings. The standard InChI is InChI=1S/C29H44N2O6/c1-4-22(34)15-26(35)24(17-33)19(9-10-32)11-18-12-23-25(31(2)3)14-20(16-30-21-7-5-6-8-21)29(37)28(23)27(36)13-18/h14,18-19,21,24,30,32-33,37H,4-13,15-17H2,1-3H3. The van der Waals surface area contributed by atoms with E-state index in [2.05, 4.69) is 5.32 Å². The normalized spacial score (nSPS) is 19.5. The SMILES string of the molecule is CCC(=O)CC(=O)C(CO)C(CCO)CC1CC(=O)c2c(O)c(CNC3CCCC3)cc(N(C)C)c2C1. The summed E-state index contributed by atoms with van der Waals surface area (Å²) in [5, 5.41) is 34.3. The number of hydrogen-bond acceptors (Lipinski definition) is 8. The molecular weight excluding hydrogens is 472 g/mol. The summed E-state index contributed by atoms with van der Waals surface area (Å²) in [7, 11) is 3.85. The predicted molar refractivity (Wildman–Crippen MR) is 143 cm³/mol. The number of benzene rings is 1. The van der Waals surface area contributed by atoms with Crippen LogP contribution in [-0.4, -0.2) is 66.0 Å². The van der Waals surface area contributed by atoms with Gasteiger partial charge in [-0.15, -0.1) is 0 Å². The predicted octanol–water partition coefficient (Wildman–Crippen LogP) is 3.17. The minimum atomic E-state index is -0.745. The van der Waals surface area contributed by atoms with Crippen LogP contribution in [0.2, 0.25) is 0 Å². The highest BCUT2D eigenvalue weighted by atomic mass is 16.3. The average molecular weight is 517 g/mol. The Balaban J connectivity index is 1.83. The van der Waals surface area contributed by atoms with E-state index in [-0.39, 0.29) is 60.8 Å². The molecule has 0 bridgehead atoms. The maximum absolute atomic E-state index is 13.4. The molecule has 2 aliphatic rings. The zero-order valence-electron chi connectivity index (χ0n) is 22.6. The second-order valence-electron chi connectivity index (χ2n) is 11.0. The number of ketones is 3. The Morgan fingerprint density at radius 1 is 1.16 bits per heavy atom. The molecule has 0 spiro atoms. The summed E-state index contributed by atoms with van der Waals surface area (Å²) in [6.45, 7) is 1.68. The summed E-state index contributed by atoms with van der Waals surface area (Å²) >= 11 is 0. The second kappa shape index (κ2) is 13.5. The van der Waals surface area contributed by atoms with E-state index in [0.717, 1.165) is 29.7 Å².